The second kappa shape index (κ2) is 8.41. The molecule has 168 valence electrons. The normalized spacial score (nSPS) is 17.8. The van der Waals surface area contributed by atoms with Crippen LogP contribution < -0.4 is 10.1 Å². The largest absolute Gasteiger partial charge is 0.496 e. The Hall–Kier alpha value is -3.58. The van der Waals surface area contributed by atoms with Crippen LogP contribution in [0, 0.1) is 0 Å². The summed E-state index contributed by atoms with van der Waals surface area (Å²) < 4.78 is 7.40. The Labute approximate surface area is 196 Å². The van der Waals surface area contributed by atoms with Crippen molar-refractivity contribution in [3.63, 3.8) is 0 Å². The average molecular weight is 460 g/mol. The molecule has 1 N–H and O–H groups in total. The van der Waals surface area contributed by atoms with Crippen molar-refractivity contribution >= 4 is 34.1 Å². The highest BCUT2D eigenvalue weighted by Gasteiger charge is 2.47. The predicted octanol–water partition coefficient (Wildman–Crippen LogP) is 4.44. The first kappa shape index (κ1) is 21.3. The van der Waals surface area contributed by atoms with Crippen LogP contribution in [-0.2, 0) is 24.4 Å². The fourth-order valence-electron chi connectivity index (χ4n) is 4.53. The standard InChI is InChI=1S/C26H25N3O3S/c1-26(25(31)27-15-19-9-4-6-12-23(19)32-2)17-28-21-11-5-3-8-18(21)14-22(28)24(30)29(26)16-20-10-7-13-33-20/h3-14H,15-17H2,1-2H3,(H,27,31)/t26-/m0/s1. The van der Waals surface area contributed by atoms with Gasteiger partial charge in [-0.15, -0.1) is 11.3 Å². The maximum atomic E-state index is 13.7. The number of methoxy groups -OCH3 is 1. The van der Waals surface area contributed by atoms with Gasteiger partial charge in [0.05, 0.1) is 20.2 Å². The Morgan fingerprint density at radius 3 is 2.70 bits per heavy atom. The number of thiophene rings is 1. The molecule has 1 atom stereocenters. The van der Waals surface area contributed by atoms with Gasteiger partial charge in [0.25, 0.3) is 5.91 Å². The number of aromatic nitrogens is 1. The molecular weight excluding hydrogens is 434 g/mol. The van der Waals surface area contributed by atoms with Crippen molar-refractivity contribution in [1.82, 2.24) is 14.8 Å². The molecular formula is C26H25N3O3S. The number of hydrogen-bond acceptors (Lipinski definition) is 4. The molecule has 0 radical (unpaired) electrons. The van der Waals surface area contributed by atoms with Crippen molar-refractivity contribution < 1.29 is 14.3 Å². The van der Waals surface area contributed by atoms with E-state index in [4.69, 9.17) is 4.74 Å². The summed E-state index contributed by atoms with van der Waals surface area (Å²) >= 11 is 1.58. The van der Waals surface area contributed by atoms with E-state index in [1.165, 1.54) is 0 Å². The minimum absolute atomic E-state index is 0.138. The van der Waals surface area contributed by atoms with E-state index in [1.807, 2.05) is 83.6 Å². The van der Waals surface area contributed by atoms with E-state index in [0.29, 0.717) is 25.3 Å². The summed E-state index contributed by atoms with van der Waals surface area (Å²) in [5, 5.41) is 6.04. The molecule has 3 heterocycles. The van der Waals surface area contributed by atoms with Crippen LogP contribution in [0.15, 0.2) is 72.1 Å². The Balaban J connectivity index is 1.51. The van der Waals surface area contributed by atoms with E-state index >= 15 is 0 Å². The molecule has 7 heteroatoms. The van der Waals surface area contributed by atoms with Crippen molar-refractivity contribution in [2.75, 3.05) is 7.11 Å². The molecule has 0 bridgehead atoms. The van der Waals surface area contributed by atoms with E-state index in [9.17, 15) is 9.59 Å². The fraction of sp³-hybridized carbons (Fsp3) is 0.231. The number of rotatable bonds is 6. The van der Waals surface area contributed by atoms with Gasteiger partial charge in [-0.1, -0.05) is 42.5 Å². The lowest BCUT2D eigenvalue weighted by Crippen LogP contribution is -2.63. The molecule has 0 saturated carbocycles. The number of ether oxygens (including phenoxy) is 1. The predicted molar refractivity (Wildman–Crippen MR) is 129 cm³/mol. The molecule has 0 aliphatic carbocycles. The van der Waals surface area contributed by atoms with E-state index in [-0.39, 0.29) is 11.8 Å². The van der Waals surface area contributed by atoms with Crippen LogP contribution in [0.5, 0.6) is 5.75 Å². The van der Waals surface area contributed by atoms with Gasteiger partial charge in [0.1, 0.15) is 17.0 Å². The SMILES string of the molecule is COc1ccccc1CNC(=O)[C@]1(C)Cn2c(cc3ccccc32)C(=O)N1Cc1cccs1. The van der Waals surface area contributed by atoms with Gasteiger partial charge in [0, 0.05) is 27.9 Å². The quantitative estimate of drug-likeness (QED) is 0.464. The first-order valence-corrected chi connectivity index (χ1v) is 11.7. The van der Waals surface area contributed by atoms with Gasteiger partial charge < -0.3 is 19.5 Å². The van der Waals surface area contributed by atoms with E-state index in [0.717, 1.165) is 27.1 Å². The summed E-state index contributed by atoms with van der Waals surface area (Å²) in [6.45, 7) is 2.94. The lowest BCUT2D eigenvalue weighted by Gasteiger charge is -2.44. The van der Waals surface area contributed by atoms with Crippen molar-refractivity contribution in [3.8, 4) is 5.75 Å². The molecule has 0 spiro atoms. The second-order valence-electron chi connectivity index (χ2n) is 8.41. The van der Waals surface area contributed by atoms with Crippen LogP contribution in [0.25, 0.3) is 10.9 Å². The number of nitrogens with zero attached hydrogens (tertiary/aromatic N) is 2. The molecule has 1 aliphatic heterocycles. The van der Waals surface area contributed by atoms with Crippen molar-refractivity contribution in [3.05, 3.63) is 88.2 Å². The van der Waals surface area contributed by atoms with Crippen molar-refractivity contribution in [2.45, 2.75) is 32.1 Å². The Morgan fingerprint density at radius 1 is 1.12 bits per heavy atom. The summed E-state index contributed by atoms with van der Waals surface area (Å²) in [4.78, 5) is 30.2. The van der Waals surface area contributed by atoms with Gasteiger partial charge in [-0.3, -0.25) is 9.59 Å². The average Bonchev–Trinajstić information content (AvgIpc) is 3.48. The summed E-state index contributed by atoms with van der Waals surface area (Å²) in [5.74, 6) is 0.388. The molecule has 2 amide bonds. The molecule has 4 aromatic rings. The third kappa shape index (κ3) is 3.68. The maximum absolute atomic E-state index is 13.7. The van der Waals surface area contributed by atoms with Gasteiger partial charge in [0.2, 0.25) is 5.91 Å². The van der Waals surface area contributed by atoms with Gasteiger partial charge in [-0.25, -0.2) is 0 Å². The van der Waals surface area contributed by atoms with Gasteiger partial charge >= 0.3 is 0 Å². The number of carbonyl (C=O) groups excluding carboxylic acids is 2. The van der Waals surface area contributed by atoms with Crippen LogP contribution in [0.1, 0.15) is 27.9 Å². The minimum atomic E-state index is -1.06. The van der Waals surface area contributed by atoms with Crippen molar-refractivity contribution in [2.24, 2.45) is 0 Å². The van der Waals surface area contributed by atoms with E-state index in [2.05, 4.69) is 5.32 Å². The van der Waals surface area contributed by atoms with Gasteiger partial charge in [-0.2, -0.15) is 0 Å². The van der Waals surface area contributed by atoms with Gasteiger partial charge in [0.15, 0.2) is 0 Å². The molecule has 6 nitrogen and oxygen atoms in total. The van der Waals surface area contributed by atoms with E-state index in [1.54, 1.807) is 23.3 Å². The summed E-state index contributed by atoms with van der Waals surface area (Å²) in [7, 11) is 1.61. The molecule has 1 aliphatic rings. The number of hydrogen-bond donors (Lipinski definition) is 1. The molecule has 2 aromatic heterocycles. The molecule has 5 rings (SSSR count). The smallest absolute Gasteiger partial charge is 0.271 e. The number of para-hydroxylation sites is 2. The fourth-order valence-corrected chi connectivity index (χ4v) is 5.22. The van der Waals surface area contributed by atoms with Crippen LogP contribution in [0.2, 0.25) is 0 Å². The Morgan fingerprint density at radius 2 is 1.91 bits per heavy atom. The Bertz CT molecular complexity index is 1330. The molecule has 0 unspecified atom stereocenters. The molecule has 33 heavy (non-hydrogen) atoms. The number of benzene rings is 2. The number of nitrogens with one attached hydrogen (secondary N) is 1. The van der Waals surface area contributed by atoms with Crippen molar-refractivity contribution in [1.29, 1.82) is 0 Å². The summed E-state index contributed by atoms with van der Waals surface area (Å²) in [5.41, 5.74) is 1.40. The molecule has 2 aromatic carbocycles. The van der Waals surface area contributed by atoms with Crippen LogP contribution in [-0.4, -0.2) is 33.9 Å². The third-order valence-electron chi connectivity index (χ3n) is 6.35. The van der Waals surface area contributed by atoms with E-state index < -0.39 is 5.54 Å². The minimum Gasteiger partial charge on any atom is -0.496 e. The lowest BCUT2D eigenvalue weighted by molar-refractivity contribution is -0.133. The first-order chi connectivity index (χ1) is 16.0. The lowest BCUT2D eigenvalue weighted by atomic mass is 9.94. The highest BCUT2D eigenvalue weighted by Crippen LogP contribution is 2.34. The number of fused-ring (bicyclic) bond motifs is 3. The van der Waals surface area contributed by atoms with Gasteiger partial charge in [-0.05, 0) is 36.6 Å². The zero-order valence-electron chi connectivity index (χ0n) is 18.6. The highest BCUT2D eigenvalue weighted by molar-refractivity contribution is 7.09. The Kier molecular flexibility index (Phi) is 5.42. The maximum Gasteiger partial charge on any atom is 0.271 e. The summed E-state index contributed by atoms with van der Waals surface area (Å²) in [6.07, 6.45) is 0. The number of amides is 2. The molecule has 0 saturated heterocycles. The zero-order chi connectivity index (χ0) is 23.0. The first-order valence-electron chi connectivity index (χ1n) is 10.8. The monoisotopic (exact) mass is 459 g/mol. The van der Waals surface area contributed by atoms with Crippen LogP contribution >= 0.6 is 11.3 Å². The number of carbonyl (C=O) groups is 2. The zero-order valence-corrected chi connectivity index (χ0v) is 19.4. The topological polar surface area (TPSA) is 63.6 Å². The summed E-state index contributed by atoms with van der Waals surface area (Å²) in [6, 6.07) is 21.4. The van der Waals surface area contributed by atoms with Crippen LogP contribution in [0.4, 0.5) is 0 Å². The highest BCUT2D eigenvalue weighted by atomic mass is 32.1. The van der Waals surface area contributed by atoms with Crippen LogP contribution in [0.3, 0.4) is 0 Å². The second-order valence-corrected chi connectivity index (χ2v) is 9.45. The molecule has 0 fully saturated rings. The third-order valence-corrected chi connectivity index (χ3v) is 7.21.